The first-order valence-electron chi connectivity index (χ1n) is 3.25. The number of carbonyl (C=O) groups excluding carboxylic acids is 2. The fourth-order valence-electron chi connectivity index (χ4n) is 0.674. The van der Waals surface area contributed by atoms with Gasteiger partial charge in [0, 0.05) is 6.42 Å². The van der Waals surface area contributed by atoms with Gasteiger partial charge in [-0.15, -0.1) is 0 Å². The van der Waals surface area contributed by atoms with E-state index in [2.05, 4.69) is 0 Å². The molecule has 0 aromatic rings. The third-order valence-corrected chi connectivity index (χ3v) is 1.32. The minimum atomic E-state index is -1.33. The third-order valence-electron chi connectivity index (χ3n) is 1.32. The van der Waals surface area contributed by atoms with Gasteiger partial charge >= 0.3 is 5.97 Å². The van der Waals surface area contributed by atoms with Gasteiger partial charge in [-0.1, -0.05) is 0 Å². The number of hydrogen-bond donors (Lipinski definition) is 3. The van der Waals surface area contributed by atoms with Crippen LogP contribution in [0.4, 0.5) is 0 Å². The van der Waals surface area contributed by atoms with Crippen LogP contribution < -0.4 is 11.5 Å². The van der Waals surface area contributed by atoms with Crippen molar-refractivity contribution in [2.24, 2.45) is 17.4 Å². The molecule has 0 heterocycles. The molecular weight excluding hydrogens is 164 g/mol. The Morgan fingerprint density at radius 3 is 2.00 bits per heavy atom. The fourth-order valence-corrected chi connectivity index (χ4v) is 0.674. The molecule has 1 atom stereocenters. The number of carbonyl (C=O) groups is 3. The number of nitrogens with two attached hydrogens (primary N) is 2. The van der Waals surface area contributed by atoms with Crippen molar-refractivity contribution in [1.82, 2.24) is 0 Å². The number of amides is 2. The molecule has 0 spiro atoms. The van der Waals surface area contributed by atoms with E-state index < -0.39 is 23.7 Å². The quantitative estimate of drug-likeness (QED) is 0.436. The van der Waals surface area contributed by atoms with Gasteiger partial charge in [0.1, 0.15) is 5.92 Å². The molecule has 0 rings (SSSR count). The summed E-state index contributed by atoms with van der Waals surface area (Å²) in [5, 5.41) is 8.40. The Balaban J connectivity index is 4.06. The lowest BCUT2D eigenvalue weighted by Crippen LogP contribution is -2.31. The zero-order valence-electron chi connectivity index (χ0n) is 6.32. The topological polar surface area (TPSA) is 123 Å². The lowest BCUT2D eigenvalue weighted by molar-refractivity contribution is -0.146. The highest BCUT2D eigenvalue weighted by molar-refractivity contribution is 5.96. The largest absolute Gasteiger partial charge is 0.481 e. The molecule has 0 fully saturated rings. The van der Waals surface area contributed by atoms with E-state index in [1.165, 1.54) is 0 Å². The zero-order chi connectivity index (χ0) is 9.72. The van der Waals surface area contributed by atoms with Crippen LogP contribution in [0.25, 0.3) is 0 Å². The van der Waals surface area contributed by atoms with Crippen LogP contribution in [0, 0.1) is 5.92 Å². The molecule has 68 valence electrons. The van der Waals surface area contributed by atoms with Gasteiger partial charge in [0.2, 0.25) is 11.8 Å². The highest BCUT2D eigenvalue weighted by Gasteiger charge is 2.23. The Morgan fingerprint density at radius 2 is 1.75 bits per heavy atom. The predicted octanol–water partition coefficient (Wildman–Crippen LogP) is -1.56. The molecule has 1 unspecified atom stereocenters. The Labute approximate surface area is 68.5 Å². The van der Waals surface area contributed by atoms with Crippen molar-refractivity contribution in [3.63, 3.8) is 0 Å². The minimum Gasteiger partial charge on any atom is -0.481 e. The fraction of sp³-hybridized carbons (Fsp3) is 0.500. The molecule has 0 aromatic carbocycles. The number of carboxylic acids is 1. The van der Waals surface area contributed by atoms with Crippen molar-refractivity contribution in [3.05, 3.63) is 0 Å². The van der Waals surface area contributed by atoms with Gasteiger partial charge in [0.15, 0.2) is 0 Å². The number of carboxylic acid groups (broad SMARTS) is 1. The first kappa shape index (κ1) is 10.4. The van der Waals surface area contributed by atoms with E-state index in [1.807, 2.05) is 0 Å². The molecule has 0 saturated heterocycles. The molecule has 0 aliphatic carbocycles. The molecule has 6 heteroatoms. The average molecular weight is 174 g/mol. The van der Waals surface area contributed by atoms with E-state index in [9.17, 15) is 14.4 Å². The summed E-state index contributed by atoms with van der Waals surface area (Å²) in [6.45, 7) is 0. The van der Waals surface area contributed by atoms with E-state index in [0.717, 1.165) is 0 Å². The average Bonchev–Trinajstić information content (AvgIpc) is 1.84. The van der Waals surface area contributed by atoms with Crippen LogP contribution in [0.5, 0.6) is 0 Å². The van der Waals surface area contributed by atoms with Gasteiger partial charge in [-0.3, -0.25) is 14.4 Å². The highest BCUT2D eigenvalue weighted by Crippen LogP contribution is 2.05. The van der Waals surface area contributed by atoms with E-state index in [0.29, 0.717) is 0 Å². The Bertz CT molecular complexity index is 200. The lowest BCUT2D eigenvalue weighted by Gasteiger charge is -2.05. The summed E-state index contributed by atoms with van der Waals surface area (Å²) < 4.78 is 0. The van der Waals surface area contributed by atoms with Gasteiger partial charge < -0.3 is 16.6 Å². The molecule has 0 bridgehead atoms. The van der Waals surface area contributed by atoms with Crippen LogP contribution in [-0.4, -0.2) is 22.9 Å². The number of aliphatic carboxylic acids is 1. The van der Waals surface area contributed by atoms with Gasteiger partial charge in [-0.05, 0) is 6.42 Å². The highest BCUT2D eigenvalue weighted by atomic mass is 16.4. The molecule has 0 aromatic heterocycles. The second-order valence-electron chi connectivity index (χ2n) is 2.30. The van der Waals surface area contributed by atoms with Crippen LogP contribution in [0.2, 0.25) is 0 Å². The Morgan fingerprint density at radius 1 is 1.25 bits per heavy atom. The third kappa shape index (κ3) is 3.55. The molecule has 5 N–H and O–H groups in total. The summed E-state index contributed by atoms with van der Waals surface area (Å²) in [5.41, 5.74) is 9.51. The van der Waals surface area contributed by atoms with Crippen LogP contribution >= 0.6 is 0 Å². The van der Waals surface area contributed by atoms with Crippen molar-refractivity contribution in [2.75, 3.05) is 0 Å². The summed E-state index contributed by atoms with van der Waals surface area (Å²) >= 11 is 0. The van der Waals surface area contributed by atoms with Crippen LogP contribution in [0.1, 0.15) is 12.8 Å². The summed E-state index contributed by atoms with van der Waals surface area (Å²) in [5.74, 6) is -4.26. The van der Waals surface area contributed by atoms with E-state index >= 15 is 0 Å². The van der Waals surface area contributed by atoms with Crippen molar-refractivity contribution >= 4 is 17.8 Å². The molecular formula is C6H10N2O4. The minimum absolute atomic E-state index is 0.139. The number of hydrogen-bond acceptors (Lipinski definition) is 3. The predicted molar refractivity (Wildman–Crippen MR) is 38.7 cm³/mol. The van der Waals surface area contributed by atoms with Gasteiger partial charge in [-0.25, -0.2) is 0 Å². The smallest absolute Gasteiger partial charge is 0.316 e. The van der Waals surface area contributed by atoms with Crippen LogP contribution in [0.3, 0.4) is 0 Å². The molecule has 2 amide bonds. The van der Waals surface area contributed by atoms with Crippen LogP contribution in [0.15, 0.2) is 0 Å². The van der Waals surface area contributed by atoms with Crippen molar-refractivity contribution in [2.45, 2.75) is 12.8 Å². The van der Waals surface area contributed by atoms with Gasteiger partial charge in [0.25, 0.3) is 0 Å². The van der Waals surface area contributed by atoms with Gasteiger partial charge in [0.05, 0.1) is 0 Å². The first-order valence-corrected chi connectivity index (χ1v) is 3.25. The molecule has 0 aliphatic rings. The van der Waals surface area contributed by atoms with Crippen molar-refractivity contribution in [1.29, 1.82) is 0 Å². The molecule has 12 heavy (non-hydrogen) atoms. The standard InChI is InChI=1S/C6H10N2O4/c7-4(9)2-1-3(5(8)10)6(11)12/h3H,1-2H2,(H2,7,9)(H2,8,10)(H,11,12). The van der Waals surface area contributed by atoms with Gasteiger partial charge in [-0.2, -0.15) is 0 Å². The molecule has 0 radical (unpaired) electrons. The Kier molecular flexibility index (Phi) is 3.75. The monoisotopic (exact) mass is 174 g/mol. The maximum Gasteiger partial charge on any atom is 0.316 e. The van der Waals surface area contributed by atoms with E-state index in [-0.39, 0.29) is 12.8 Å². The lowest BCUT2D eigenvalue weighted by atomic mass is 10.0. The maximum absolute atomic E-state index is 10.4. The number of primary amides is 2. The normalized spacial score (nSPS) is 12.0. The number of rotatable bonds is 5. The molecule has 6 nitrogen and oxygen atoms in total. The van der Waals surface area contributed by atoms with Crippen LogP contribution in [-0.2, 0) is 14.4 Å². The summed E-state index contributed by atoms with van der Waals surface area (Å²) in [7, 11) is 0. The SMILES string of the molecule is NC(=O)CCC(C(N)=O)C(=O)O. The summed E-state index contributed by atoms with van der Waals surface area (Å²) in [4.78, 5) is 31.0. The second-order valence-corrected chi connectivity index (χ2v) is 2.30. The van der Waals surface area contributed by atoms with E-state index in [1.54, 1.807) is 0 Å². The second kappa shape index (κ2) is 4.32. The van der Waals surface area contributed by atoms with E-state index in [4.69, 9.17) is 16.6 Å². The van der Waals surface area contributed by atoms with Crippen molar-refractivity contribution in [3.8, 4) is 0 Å². The molecule has 0 aliphatic heterocycles. The Hall–Kier alpha value is -1.59. The van der Waals surface area contributed by atoms with Crippen molar-refractivity contribution < 1.29 is 19.5 Å². The molecule has 0 saturated carbocycles. The summed E-state index contributed by atoms with van der Waals surface area (Å²) in [6.07, 6.45) is -0.292. The summed E-state index contributed by atoms with van der Waals surface area (Å²) in [6, 6.07) is 0. The maximum atomic E-state index is 10.4. The zero-order valence-corrected chi connectivity index (χ0v) is 6.32. The first-order chi connectivity index (χ1) is 5.45.